The molecule has 2 heterocycles. The van der Waals surface area contributed by atoms with Gasteiger partial charge in [-0.3, -0.25) is 4.79 Å². The van der Waals surface area contributed by atoms with Gasteiger partial charge in [-0.2, -0.15) is 13.2 Å². The first-order valence-corrected chi connectivity index (χ1v) is 9.77. The Morgan fingerprint density at radius 2 is 1.87 bits per heavy atom. The van der Waals surface area contributed by atoms with E-state index in [4.69, 9.17) is 0 Å². The number of hydrogen-bond donors (Lipinski definition) is 1. The number of rotatable bonds is 5. The molecule has 0 radical (unpaired) electrons. The molecule has 0 saturated carbocycles. The zero-order valence-corrected chi connectivity index (χ0v) is 16.5. The lowest BCUT2D eigenvalue weighted by molar-refractivity contribution is -0.137. The Kier molecular flexibility index (Phi) is 5.51. The van der Waals surface area contributed by atoms with E-state index < -0.39 is 29.9 Å². The van der Waals surface area contributed by atoms with E-state index in [1.807, 2.05) is 30.3 Å². The van der Waals surface area contributed by atoms with Gasteiger partial charge in [0.15, 0.2) is 5.65 Å². The maximum atomic E-state index is 12.8. The van der Waals surface area contributed by atoms with Gasteiger partial charge in [-0.25, -0.2) is 18.9 Å². The lowest BCUT2D eigenvalue weighted by atomic mass is 10.2. The molecule has 0 aliphatic carbocycles. The van der Waals surface area contributed by atoms with Crippen LogP contribution in [0, 0.1) is 0 Å². The molecule has 0 aliphatic heterocycles. The Hall–Kier alpha value is -3.60. The minimum absolute atomic E-state index is 0.0290. The summed E-state index contributed by atoms with van der Waals surface area (Å²) < 4.78 is 40.7. The van der Waals surface area contributed by atoms with Crippen molar-refractivity contribution < 1.29 is 18.0 Å². The zero-order valence-electron chi connectivity index (χ0n) is 15.7. The van der Waals surface area contributed by atoms with Crippen molar-refractivity contribution in [1.82, 2.24) is 19.2 Å². The average Bonchev–Trinajstić information content (AvgIpc) is 3.05. The first kappa shape index (κ1) is 20.7. The van der Waals surface area contributed by atoms with Crippen LogP contribution in [0.5, 0.6) is 0 Å². The number of nitrogens with one attached hydrogen (secondary N) is 1. The molecule has 0 saturated heterocycles. The average molecular weight is 445 g/mol. The summed E-state index contributed by atoms with van der Waals surface area (Å²) in [5, 5.41) is 7.02. The highest BCUT2D eigenvalue weighted by Gasteiger charge is 2.30. The Labute approximate surface area is 177 Å². The predicted octanol–water partition coefficient (Wildman–Crippen LogP) is 3.70. The van der Waals surface area contributed by atoms with Gasteiger partial charge in [0.1, 0.15) is 11.6 Å². The van der Waals surface area contributed by atoms with Crippen molar-refractivity contribution in [2.24, 2.45) is 0 Å². The molecule has 158 valence electrons. The number of anilines is 1. The molecule has 0 fully saturated rings. The fraction of sp³-hybridized carbons (Fsp3) is 0.100. The normalized spacial score (nSPS) is 11.6. The summed E-state index contributed by atoms with van der Waals surface area (Å²) in [6.07, 6.45) is -1.64. The van der Waals surface area contributed by atoms with Crippen molar-refractivity contribution >= 4 is 29.0 Å². The maximum Gasteiger partial charge on any atom is 0.416 e. The van der Waals surface area contributed by atoms with Gasteiger partial charge in [0.25, 0.3) is 0 Å². The largest absolute Gasteiger partial charge is 0.416 e. The van der Waals surface area contributed by atoms with Gasteiger partial charge in [-0.15, -0.1) is 5.10 Å². The topological polar surface area (TPSA) is 81.3 Å². The zero-order chi connectivity index (χ0) is 22.0. The van der Waals surface area contributed by atoms with Gasteiger partial charge < -0.3 is 5.32 Å². The SMILES string of the molecule is O=C(Cn1nc2c(Sc3ccccc3)nccn2c1=O)Nc1cccc(C(F)(F)F)c1. The summed E-state index contributed by atoms with van der Waals surface area (Å²) in [6.45, 7) is -0.466. The van der Waals surface area contributed by atoms with Gasteiger partial charge in [0, 0.05) is 23.0 Å². The monoisotopic (exact) mass is 445 g/mol. The van der Waals surface area contributed by atoms with Crippen LogP contribution in [-0.2, 0) is 17.5 Å². The molecule has 7 nitrogen and oxygen atoms in total. The number of nitrogens with zero attached hydrogens (tertiary/aromatic N) is 4. The van der Waals surface area contributed by atoms with Crippen LogP contribution in [0.2, 0.25) is 0 Å². The molecule has 0 atom stereocenters. The van der Waals surface area contributed by atoms with E-state index in [1.165, 1.54) is 40.7 Å². The fourth-order valence-electron chi connectivity index (χ4n) is 2.81. The van der Waals surface area contributed by atoms with E-state index in [0.717, 1.165) is 21.7 Å². The smallest absolute Gasteiger partial charge is 0.324 e. The third-order valence-electron chi connectivity index (χ3n) is 4.19. The van der Waals surface area contributed by atoms with E-state index in [-0.39, 0.29) is 11.3 Å². The van der Waals surface area contributed by atoms with Gasteiger partial charge >= 0.3 is 11.9 Å². The van der Waals surface area contributed by atoms with Gasteiger partial charge in [-0.05, 0) is 30.3 Å². The number of fused-ring (bicyclic) bond motifs is 1. The van der Waals surface area contributed by atoms with E-state index in [0.29, 0.717) is 5.03 Å². The van der Waals surface area contributed by atoms with Gasteiger partial charge in [-0.1, -0.05) is 36.0 Å². The second-order valence-electron chi connectivity index (χ2n) is 6.41. The number of alkyl halides is 3. The van der Waals surface area contributed by atoms with Crippen molar-refractivity contribution in [1.29, 1.82) is 0 Å². The molecule has 0 unspecified atom stereocenters. The van der Waals surface area contributed by atoms with Crippen LogP contribution in [0.25, 0.3) is 5.65 Å². The molecular weight excluding hydrogens is 431 g/mol. The van der Waals surface area contributed by atoms with Crippen LogP contribution in [0.4, 0.5) is 18.9 Å². The molecule has 0 spiro atoms. The highest BCUT2D eigenvalue weighted by atomic mass is 32.2. The second kappa shape index (κ2) is 8.26. The quantitative estimate of drug-likeness (QED) is 0.507. The first-order chi connectivity index (χ1) is 14.8. The van der Waals surface area contributed by atoms with Crippen molar-refractivity contribution in [3.05, 3.63) is 83.0 Å². The van der Waals surface area contributed by atoms with Crippen molar-refractivity contribution in [2.45, 2.75) is 22.6 Å². The third-order valence-corrected chi connectivity index (χ3v) is 5.18. The second-order valence-corrected chi connectivity index (χ2v) is 7.47. The Morgan fingerprint density at radius 3 is 2.61 bits per heavy atom. The molecule has 2 aromatic heterocycles. The number of halogens is 3. The molecule has 11 heteroatoms. The Bertz CT molecular complexity index is 1300. The number of carbonyl (C=O) groups is 1. The van der Waals surface area contributed by atoms with E-state index in [2.05, 4.69) is 15.4 Å². The molecule has 4 aromatic rings. The lowest BCUT2D eigenvalue weighted by Gasteiger charge is -2.09. The fourth-order valence-corrected chi connectivity index (χ4v) is 3.67. The van der Waals surface area contributed by atoms with Gasteiger partial charge in [0.2, 0.25) is 5.91 Å². The highest BCUT2D eigenvalue weighted by Crippen LogP contribution is 2.30. The first-order valence-electron chi connectivity index (χ1n) is 8.95. The van der Waals surface area contributed by atoms with Crippen LogP contribution in [0.3, 0.4) is 0 Å². The van der Waals surface area contributed by atoms with Gasteiger partial charge in [0.05, 0.1) is 5.56 Å². The van der Waals surface area contributed by atoms with Crippen LogP contribution in [0.1, 0.15) is 5.56 Å². The third kappa shape index (κ3) is 4.61. The van der Waals surface area contributed by atoms with Crippen molar-refractivity contribution in [3.63, 3.8) is 0 Å². The molecule has 2 aromatic carbocycles. The Balaban J connectivity index is 1.56. The minimum atomic E-state index is -4.53. The number of amides is 1. The summed E-state index contributed by atoms with van der Waals surface area (Å²) in [7, 11) is 0. The summed E-state index contributed by atoms with van der Waals surface area (Å²) in [6, 6.07) is 13.6. The summed E-state index contributed by atoms with van der Waals surface area (Å²) >= 11 is 1.31. The molecule has 1 N–H and O–H groups in total. The molecule has 1 amide bonds. The molecule has 0 bridgehead atoms. The van der Waals surface area contributed by atoms with Crippen LogP contribution in [-0.4, -0.2) is 25.1 Å². The number of benzene rings is 2. The van der Waals surface area contributed by atoms with Crippen LogP contribution < -0.4 is 11.0 Å². The maximum absolute atomic E-state index is 12.8. The molecular formula is C20H14F3N5O2S. The summed E-state index contributed by atoms with van der Waals surface area (Å²) in [4.78, 5) is 30.1. The van der Waals surface area contributed by atoms with Crippen molar-refractivity contribution in [2.75, 3.05) is 5.32 Å². The van der Waals surface area contributed by atoms with Crippen LogP contribution in [0.15, 0.2) is 81.7 Å². The van der Waals surface area contributed by atoms with Crippen molar-refractivity contribution in [3.8, 4) is 0 Å². The lowest BCUT2D eigenvalue weighted by Crippen LogP contribution is -2.28. The number of carbonyl (C=O) groups excluding carboxylic acids is 1. The van der Waals surface area contributed by atoms with Crippen LogP contribution >= 0.6 is 11.8 Å². The van der Waals surface area contributed by atoms with E-state index >= 15 is 0 Å². The minimum Gasteiger partial charge on any atom is -0.324 e. The Morgan fingerprint density at radius 1 is 1.10 bits per heavy atom. The molecule has 31 heavy (non-hydrogen) atoms. The summed E-state index contributed by atoms with van der Waals surface area (Å²) in [5.41, 5.74) is -1.21. The predicted molar refractivity (Wildman–Crippen MR) is 108 cm³/mol. The number of hydrogen-bond acceptors (Lipinski definition) is 5. The standard InChI is InChI=1S/C20H14F3N5O2S/c21-20(22,23)13-5-4-6-14(11-13)25-16(29)12-28-19(30)27-10-9-24-18(17(27)26-28)31-15-7-2-1-3-8-15/h1-11H,12H2,(H,25,29). The van der Waals surface area contributed by atoms with E-state index in [1.54, 1.807) is 0 Å². The van der Waals surface area contributed by atoms with E-state index in [9.17, 15) is 22.8 Å². The number of aromatic nitrogens is 4. The summed E-state index contributed by atoms with van der Waals surface area (Å²) in [5.74, 6) is -0.685. The highest BCUT2D eigenvalue weighted by molar-refractivity contribution is 7.99. The molecule has 4 rings (SSSR count). The molecule has 0 aliphatic rings.